The lowest BCUT2D eigenvalue weighted by Crippen LogP contribution is -2.38. The van der Waals surface area contributed by atoms with Gasteiger partial charge in [0.1, 0.15) is 11.6 Å². The van der Waals surface area contributed by atoms with Crippen LogP contribution in [0.5, 0.6) is 0 Å². The zero-order valence-corrected chi connectivity index (χ0v) is 16.2. The first-order valence-electron chi connectivity index (χ1n) is 9.71. The summed E-state index contributed by atoms with van der Waals surface area (Å²) in [5.41, 5.74) is 0.432. The molecule has 1 unspecified atom stereocenters. The first-order chi connectivity index (χ1) is 14.3. The smallest absolute Gasteiger partial charge is 0.253 e. The van der Waals surface area contributed by atoms with Crippen molar-refractivity contribution in [2.24, 2.45) is 0 Å². The highest BCUT2D eigenvalue weighted by Crippen LogP contribution is 2.28. The number of halogens is 4. The maximum atomic E-state index is 13.5. The van der Waals surface area contributed by atoms with E-state index in [9.17, 15) is 27.2 Å². The summed E-state index contributed by atoms with van der Waals surface area (Å²) in [5, 5.41) is 0. The molecule has 1 fully saturated rings. The van der Waals surface area contributed by atoms with Gasteiger partial charge in [-0.05, 0) is 48.4 Å². The van der Waals surface area contributed by atoms with Crippen LogP contribution >= 0.6 is 0 Å². The van der Waals surface area contributed by atoms with E-state index in [0.717, 1.165) is 12.1 Å². The molecule has 3 rings (SSSR count). The summed E-state index contributed by atoms with van der Waals surface area (Å²) in [7, 11) is 0. The van der Waals surface area contributed by atoms with Crippen LogP contribution in [0.4, 0.5) is 17.6 Å². The highest BCUT2D eigenvalue weighted by Gasteiger charge is 2.29. The molecule has 2 aromatic rings. The van der Waals surface area contributed by atoms with Crippen molar-refractivity contribution in [3.8, 4) is 0 Å². The molecule has 4 nitrogen and oxygen atoms in total. The van der Waals surface area contributed by atoms with Crippen LogP contribution in [0, 0.1) is 11.6 Å². The average molecular weight is 422 g/mol. The van der Waals surface area contributed by atoms with Crippen molar-refractivity contribution in [3.63, 3.8) is 0 Å². The molecule has 2 aromatic carbocycles. The van der Waals surface area contributed by atoms with Crippen LogP contribution in [0.1, 0.15) is 34.7 Å². The molecule has 0 radical (unpaired) electrons. The number of nitrogens with zero attached hydrogens (tertiary/aromatic N) is 2. The predicted octanol–water partition coefficient (Wildman–Crippen LogP) is 4.08. The van der Waals surface area contributed by atoms with Gasteiger partial charge in [-0.3, -0.25) is 9.59 Å². The van der Waals surface area contributed by atoms with Crippen LogP contribution in [-0.4, -0.2) is 54.2 Å². The molecule has 1 aliphatic heterocycles. The van der Waals surface area contributed by atoms with Crippen LogP contribution in [0.15, 0.2) is 48.5 Å². The molecule has 30 heavy (non-hydrogen) atoms. The molecule has 0 bridgehead atoms. The Morgan fingerprint density at radius 3 is 2.20 bits per heavy atom. The number of carbonyl (C=O) groups excluding carboxylic acids is 2. The van der Waals surface area contributed by atoms with Gasteiger partial charge in [0.2, 0.25) is 12.3 Å². The highest BCUT2D eigenvalue weighted by molar-refractivity contribution is 5.94. The number of alkyl halides is 2. The quantitative estimate of drug-likeness (QED) is 0.682. The molecule has 1 aliphatic rings. The Hall–Kier alpha value is -2.90. The van der Waals surface area contributed by atoms with E-state index in [-0.39, 0.29) is 24.6 Å². The topological polar surface area (TPSA) is 40.6 Å². The summed E-state index contributed by atoms with van der Waals surface area (Å²) in [6, 6.07) is 10.1. The van der Waals surface area contributed by atoms with E-state index in [1.807, 2.05) is 0 Å². The summed E-state index contributed by atoms with van der Waals surface area (Å²) in [6.45, 7) is 1.21. The van der Waals surface area contributed by atoms with Crippen LogP contribution in [0.2, 0.25) is 0 Å². The maximum Gasteiger partial charge on any atom is 0.253 e. The second-order valence-electron chi connectivity index (χ2n) is 7.23. The van der Waals surface area contributed by atoms with Crippen molar-refractivity contribution < 1.29 is 27.2 Å². The lowest BCUT2D eigenvalue weighted by Gasteiger charge is -2.24. The van der Waals surface area contributed by atoms with Gasteiger partial charge in [-0.15, -0.1) is 0 Å². The second-order valence-corrected chi connectivity index (χ2v) is 7.23. The fourth-order valence-electron chi connectivity index (χ4n) is 3.55. The van der Waals surface area contributed by atoms with Gasteiger partial charge in [-0.1, -0.05) is 12.1 Å². The van der Waals surface area contributed by atoms with Crippen LogP contribution in [0.3, 0.4) is 0 Å². The SMILES string of the molecule is O=C(CC(c1cccc(F)c1)C(F)F)N1CCCN(C(=O)c2ccc(F)cc2)CC1. The number of rotatable bonds is 5. The van der Waals surface area contributed by atoms with Gasteiger partial charge in [-0.25, -0.2) is 17.6 Å². The van der Waals surface area contributed by atoms with Gasteiger partial charge in [0.05, 0.1) is 5.92 Å². The number of carbonyl (C=O) groups is 2. The minimum absolute atomic E-state index is 0.0845. The monoisotopic (exact) mass is 422 g/mol. The highest BCUT2D eigenvalue weighted by atomic mass is 19.3. The largest absolute Gasteiger partial charge is 0.341 e. The maximum absolute atomic E-state index is 13.5. The Morgan fingerprint density at radius 1 is 0.867 bits per heavy atom. The summed E-state index contributed by atoms with van der Waals surface area (Å²) in [5.74, 6) is -3.19. The summed E-state index contributed by atoms with van der Waals surface area (Å²) >= 11 is 0. The van der Waals surface area contributed by atoms with Gasteiger partial charge in [0.15, 0.2) is 0 Å². The van der Waals surface area contributed by atoms with Crippen molar-refractivity contribution in [3.05, 3.63) is 71.3 Å². The Morgan fingerprint density at radius 2 is 1.53 bits per heavy atom. The third-order valence-electron chi connectivity index (χ3n) is 5.20. The molecule has 0 aliphatic carbocycles. The molecule has 0 N–H and O–H groups in total. The third-order valence-corrected chi connectivity index (χ3v) is 5.20. The number of hydrogen-bond donors (Lipinski definition) is 0. The summed E-state index contributed by atoms with van der Waals surface area (Å²) in [4.78, 5) is 28.3. The van der Waals surface area contributed by atoms with Gasteiger partial charge in [0.25, 0.3) is 5.91 Å². The van der Waals surface area contributed by atoms with Crippen molar-refractivity contribution in [1.29, 1.82) is 0 Å². The van der Waals surface area contributed by atoms with Gasteiger partial charge < -0.3 is 9.80 Å². The van der Waals surface area contributed by atoms with E-state index in [2.05, 4.69) is 0 Å². The zero-order chi connectivity index (χ0) is 21.7. The summed E-state index contributed by atoms with van der Waals surface area (Å²) < 4.78 is 53.6. The molecule has 0 saturated carbocycles. The fourth-order valence-corrected chi connectivity index (χ4v) is 3.55. The Bertz CT molecular complexity index is 889. The van der Waals surface area contributed by atoms with Crippen molar-refractivity contribution in [1.82, 2.24) is 9.80 Å². The molecule has 8 heteroatoms. The van der Waals surface area contributed by atoms with Gasteiger partial charge in [-0.2, -0.15) is 0 Å². The first-order valence-corrected chi connectivity index (χ1v) is 9.71. The van der Waals surface area contributed by atoms with Gasteiger partial charge in [0, 0.05) is 38.2 Å². The molecular weight excluding hydrogens is 400 g/mol. The molecule has 1 atom stereocenters. The van der Waals surface area contributed by atoms with Crippen LogP contribution in [-0.2, 0) is 4.79 Å². The zero-order valence-electron chi connectivity index (χ0n) is 16.2. The van der Waals surface area contributed by atoms with E-state index in [4.69, 9.17) is 0 Å². The van der Waals surface area contributed by atoms with Crippen molar-refractivity contribution in [2.45, 2.75) is 25.2 Å². The normalized spacial score (nSPS) is 15.8. The lowest BCUT2D eigenvalue weighted by molar-refractivity contribution is -0.132. The van der Waals surface area contributed by atoms with E-state index < -0.39 is 36.3 Å². The van der Waals surface area contributed by atoms with E-state index in [1.54, 1.807) is 4.90 Å². The molecule has 1 saturated heterocycles. The Balaban J connectivity index is 1.63. The summed E-state index contributed by atoms with van der Waals surface area (Å²) in [6.07, 6.45) is -2.75. The molecule has 2 amide bonds. The lowest BCUT2D eigenvalue weighted by atomic mass is 9.95. The standard InChI is InChI=1S/C22H22F4N2O2/c23-17-7-5-15(6-8-17)22(30)28-10-2-9-27(11-12-28)20(29)14-19(21(25)26)16-3-1-4-18(24)13-16/h1,3-8,13,19,21H,2,9-12,14H2. The molecule has 160 valence electrons. The minimum atomic E-state index is -2.81. The van der Waals surface area contributed by atoms with E-state index >= 15 is 0 Å². The van der Waals surface area contributed by atoms with Crippen LogP contribution in [0.25, 0.3) is 0 Å². The number of amides is 2. The predicted molar refractivity (Wildman–Crippen MR) is 103 cm³/mol. The van der Waals surface area contributed by atoms with Crippen molar-refractivity contribution in [2.75, 3.05) is 26.2 Å². The second kappa shape index (κ2) is 9.73. The van der Waals surface area contributed by atoms with E-state index in [1.165, 1.54) is 41.3 Å². The van der Waals surface area contributed by atoms with Crippen molar-refractivity contribution >= 4 is 11.8 Å². The fraction of sp³-hybridized carbons (Fsp3) is 0.364. The molecule has 1 heterocycles. The van der Waals surface area contributed by atoms with Crippen LogP contribution < -0.4 is 0 Å². The van der Waals surface area contributed by atoms with E-state index in [0.29, 0.717) is 25.1 Å². The minimum Gasteiger partial charge on any atom is -0.341 e. The number of hydrogen-bond acceptors (Lipinski definition) is 2. The number of benzene rings is 2. The molecular formula is C22H22F4N2O2. The Kier molecular flexibility index (Phi) is 7.07. The third kappa shape index (κ3) is 5.37. The molecule has 0 aromatic heterocycles. The first kappa shape index (κ1) is 21.8. The van der Waals surface area contributed by atoms with Gasteiger partial charge >= 0.3 is 0 Å². The average Bonchev–Trinajstić information content (AvgIpc) is 2.98. The Labute approximate surface area is 172 Å². The molecule has 0 spiro atoms.